The Morgan fingerprint density at radius 1 is 1.22 bits per heavy atom. The minimum absolute atomic E-state index is 0.0148. The first-order valence-corrected chi connectivity index (χ1v) is 12.6. The van der Waals surface area contributed by atoms with Crippen LogP contribution >= 0.6 is 0 Å². The van der Waals surface area contributed by atoms with Gasteiger partial charge in [0.2, 0.25) is 10.0 Å². The zero-order valence-corrected chi connectivity index (χ0v) is 19.3. The van der Waals surface area contributed by atoms with Crippen LogP contribution < -0.4 is 15.2 Å². The Kier molecular flexibility index (Phi) is 7.90. The van der Waals surface area contributed by atoms with Crippen molar-refractivity contribution in [2.75, 3.05) is 19.4 Å². The molecule has 0 spiro atoms. The molecule has 3 atom stereocenters. The molecule has 0 radical (unpaired) electrons. The number of benzene rings is 2. The van der Waals surface area contributed by atoms with Gasteiger partial charge in [-0.05, 0) is 78.8 Å². The molecule has 2 aromatic carbocycles. The van der Waals surface area contributed by atoms with E-state index in [1.165, 1.54) is 11.6 Å². The van der Waals surface area contributed by atoms with E-state index >= 15 is 0 Å². The molecule has 0 unspecified atom stereocenters. The van der Waals surface area contributed by atoms with Crippen LogP contribution in [0.3, 0.4) is 0 Å². The lowest BCUT2D eigenvalue weighted by molar-refractivity contribution is 0.0956. The Bertz CT molecular complexity index is 1040. The number of rotatable bonds is 9. The summed E-state index contributed by atoms with van der Waals surface area (Å²) >= 11 is 0. The minimum atomic E-state index is -3.60. The highest BCUT2D eigenvalue weighted by atomic mass is 32.2. The number of nitrogens with one attached hydrogen (secondary N) is 1. The number of hydrogen-bond acceptors (Lipinski definition) is 4. The third-order valence-corrected chi connectivity index (χ3v) is 7.02. The second kappa shape index (κ2) is 10.4. The van der Waals surface area contributed by atoms with Crippen LogP contribution in [-0.4, -0.2) is 33.7 Å². The van der Waals surface area contributed by atoms with Gasteiger partial charge in [0.05, 0.1) is 12.9 Å². The summed E-state index contributed by atoms with van der Waals surface area (Å²) in [5.41, 5.74) is 2.66. The second-order valence-corrected chi connectivity index (χ2v) is 10.4. The highest BCUT2D eigenvalue weighted by Gasteiger charge is 2.27. The lowest BCUT2D eigenvalue weighted by Crippen LogP contribution is -2.31. The van der Waals surface area contributed by atoms with Crippen LogP contribution in [0, 0.1) is 11.7 Å². The summed E-state index contributed by atoms with van der Waals surface area (Å²) in [4.78, 5) is 12.2. The van der Waals surface area contributed by atoms with Crippen molar-refractivity contribution >= 4 is 15.9 Å². The maximum Gasteiger partial charge on any atom is 0.251 e. The first-order valence-electron chi connectivity index (χ1n) is 10.9. The summed E-state index contributed by atoms with van der Waals surface area (Å²) < 4.78 is 41.0. The van der Waals surface area contributed by atoms with Crippen LogP contribution in [-0.2, 0) is 10.0 Å². The van der Waals surface area contributed by atoms with Crippen molar-refractivity contribution in [1.29, 1.82) is 0 Å². The van der Waals surface area contributed by atoms with Gasteiger partial charge < -0.3 is 10.1 Å². The number of sulfonamides is 1. The van der Waals surface area contributed by atoms with Gasteiger partial charge in [-0.2, -0.15) is 0 Å². The molecular formula is C24H31FN2O4S. The predicted octanol–water partition coefficient (Wildman–Crippen LogP) is 3.93. The molecular weight excluding hydrogens is 431 g/mol. The van der Waals surface area contributed by atoms with Gasteiger partial charge in [0.1, 0.15) is 11.6 Å². The molecule has 0 saturated heterocycles. The Balaban J connectivity index is 1.54. The van der Waals surface area contributed by atoms with E-state index in [9.17, 15) is 17.6 Å². The van der Waals surface area contributed by atoms with Crippen molar-refractivity contribution in [2.45, 2.75) is 44.4 Å². The van der Waals surface area contributed by atoms with E-state index in [0.717, 1.165) is 31.2 Å². The Labute approximate surface area is 189 Å². The molecule has 1 saturated carbocycles. The summed E-state index contributed by atoms with van der Waals surface area (Å²) in [6.45, 7) is 2.12. The lowest BCUT2D eigenvalue weighted by Gasteiger charge is -2.18. The Hall–Kier alpha value is -2.45. The van der Waals surface area contributed by atoms with Gasteiger partial charge in [-0.1, -0.05) is 19.1 Å². The van der Waals surface area contributed by atoms with Gasteiger partial charge in [0, 0.05) is 18.2 Å². The van der Waals surface area contributed by atoms with Gasteiger partial charge in [0.15, 0.2) is 0 Å². The Morgan fingerprint density at radius 2 is 1.94 bits per heavy atom. The number of hydrogen-bond donors (Lipinski definition) is 2. The molecule has 3 N–H and O–H groups in total. The van der Waals surface area contributed by atoms with E-state index in [1.54, 1.807) is 25.3 Å². The van der Waals surface area contributed by atoms with Crippen LogP contribution in [0.2, 0.25) is 0 Å². The van der Waals surface area contributed by atoms with Gasteiger partial charge in [-0.25, -0.2) is 17.9 Å². The molecule has 6 nitrogen and oxygen atoms in total. The molecule has 1 amide bonds. The van der Waals surface area contributed by atoms with E-state index in [4.69, 9.17) is 9.88 Å². The van der Waals surface area contributed by atoms with Crippen molar-refractivity contribution < 1.29 is 22.3 Å². The molecule has 32 heavy (non-hydrogen) atoms. The maximum atomic E-state index is 13.8. The summed E-state index contributed by atoms with van der Waals surface area (Å²) in [6.07, 6.45) is 4.27. The number of amides is 1. The van der Waals surface area contributed by atoms with E-state index in [2.05, 4.69) is 12.2 Å². The standard InChI is InChI=1S/C24H31FN2O4S/c1-16(21-13-22(25)15-23(14-21)31-2)11-17-3-4-20(12-17)18-5-7-19(8-6-18)24(28)27-9-10-32(26,29)30/h5-8,13-17,20H,3-4,9-12H2,1-2H3,(H,27,28)(H2,26,29,30)/t16-,17+,20+/m0/s1. The van der Waals surface area contributed by atoms with E-state index in [0.29, 0.717) is 23.1 Å². The summed E-state index contributed by atoms with van der Waals surface area (Å²) in [5, 5.41) is 7.51. The van der Waals surface area contributed by atoms with Crippen molar-refractivity contribution in [3.8, 4) is 5.75 Å². The third-order valence-electron chi connectivity index (χ3n) is 6.24. The van der Waals surface area contributed by atoms with Crippen LogP contribution in [0.5, 0.6) is 5.75 Å². The number of carbonyl (C=O) groups is 1. The summed E-state index contributed by atoms with van der Waals surface area (Å²) in [5.74, 6) is 0.908. The topological polar surface area (TPSA) is 98.5 Å². The van der Waals surface area contributed by atoms with Crippen LogP contribution in [0.1, 0.15) is 65.9 Å². The number of halogens is 1. The van der Waals surface area contributed by atoms with Gasteiger partial charge in [-0.15, -0.1) is 0 Å². The Morgan fingerprint density at radius 3 is 2.59 bits per heavy atom. The average Bonchev–Trinajstić information content (AvgIpc) is 3.20. The number of ether oxygens (including phenoxy) is 1. The normalized spacial score (nSPS) is 19.5. The molecule has 8 heteroatoms. The fourth-order valence-electron chi connectivity index (χ4n) is 4.53. The van der Waals surface area contributed by atoms with Crippen molar-refractivity contribution in [1.82, 2.24) is 5.32 Å². The number of methoxy groups -OCH3 is 1. The highest BCUT2D eigenvalue weighted by Crippen LogP contribution is 2.42. The van der Waals surface area contributed by atoms with E-state index in [-0.39, 0.29) is 29.9 Å². The number of carbonyl (C=O) groups excluding carboxylic acids is 1. The first kappa shape index (κ1) is 24.2. The average molecular weight is 463 g/mol. The van der Waals surface area contributed by atoms with E-state index < -0.39 is 10.0 Å². The monoisotopic (exact) mass is 462 g/mol. The fraction of sp³-hybridized carbons (Fsp3) is 0.458. The zero-order valence-electron chi connectivity index (χ0n) is 18.5. The molecule has 1 aliphatic rings. The SMILES string of the molecule is COc1cc(F)cc([C@@H](C)C[C@H]2CC[C@@H](c3ccc(C(=O)NCCS(N)(=O)=O)cc3)C2)c1. The predicted molar refractivity (Wildman–Crippen MR) is 123 cm³/mol. The molecule has 174 valence electrons. The molecule has 0 heterocycles. The van der Waals surface area contributed by atoms with Crippen molar-refractivity contribution in [3.05, 3.63) is 65.0 Å². The molecule has 2 aromatic rings. The van der Waals surface area contributed by atoms with Gasteiger partial charge >= 0.3 is 0 Å². The second-order valence-electron chi connectivity index (χ2n) is 8.68. The first-order chi connectivity index (χ1) is 15.1. The summed E-state index contributed by atoms with van der Waals surface area (Å²) in [6, 6.07) is 12.4. The lowest BCUT2D eigenvalue weighted by atomic mass is 9.88. The van der Waals surface area contributed by atoms with Crippen LogP contribution in [0.15, 0.2) is 42.5 Å². The number of primary sulfonamides is 1. The fourth-order valence-corrected chi connectivity index (χ4v) is 4.92. The van der Waals surface area contributed by atoms with Crippen molar-refractivity contribution in [2.24, 2.45) is 11.1 Å². The molecule has 0 aromatic heterocycles. The van der Waals surface area contributed by atoms with E-state index in [1.807, 2.05) is 18.2 Å². The zero-order chi connectivity index (χ0) is 23.3. The molecule has 0 aliphatic heterocycles. The highest BCUT2D eigenvalue weighted by molar-refractivity contribution is 7.89. The van der Waals surface area contributed by atoms with Gasteiger partial charge in [0.25, 0.3) is 5.91 Å². The molecule has 3 rings (SSSR count). The smallest absolute Gasteiger partial charge is 0.251 e. The largest absolute Gasteiger partial charge is 0.497 e. The van der Waals surface area contributed by atoms with Crippen molar-refractivity contribution in [3.63, 3.8) is 0 Å². The molecule has 1 aliphatic carbocycles. The van der Waals surface area contributed by atoms with Crippen LogP contribution in [0.25, 0.3) is 0 Å². The van der Waals surface area contributed by atoms with Crippen LogP contribution in [0.4, 0.5) is 4.39 Å². The molecule has 1 fully saturated rings. The quantitative estimate of drug-likeness (QED) is 0.590. The van der Waals surface area contributed by atoms with Gasteiger partial charge in [-0.3, -0.25) is 4.79 Å². The third kappa shape index (κ3) is 6.77. The maximum absolute atomic E-state index is 13.8. The number of nitrogens with two attached hydrogens (primary N) is 1. The summed E-state index contributed by atoms with van der Waals surface area (Å²) in [7, 11) is -2.05. The molecule has 0 bridgehead atoms. The minimum Gasteiger partial charge on any atom is -0.497 e.